The van der Waals surface area contributed by atoms with Gasteiger partial charge in [-0.05, 0) is 0 Å². The molecule has 5 heteroatoms. The molecule has 0 bridgehead atoms. The van der Waals surface area contributed by atoms with E-state index in [1.807, 2.05) is 0 Å². The Balaban J connectivity index is 2.26. The quantitative estimate of drug-likeness (QED) is 0.437. The van der Waals surface area contributed by atoms with E-state index in [1.165, 1.54) is 0 Å². The second kappa shape index (κ2) is 2.55. The van der Waals surface area contributed by atoms with Gasteiger partial charge in [0.15, 0.2) is 12.4 Å². The van der Waals surface area contributed by atoms with Crippen LogP contribution in [-0.2, 0) is 14.3 Å². The molecule has 0 saturated carbocycles. The number of aliphatic hydroxyl groups is 2. The molecular weight excluding hydrogens is 164 g/mol. The van der Waals surface area contributed by atoms with Gasteiger partial charge in [-0.25, -0.2) is 4.79 Å². The molecule has 3 unspecified atom stereocenters. The molecule has 2 N–H and O–H groups in total. The van der Waals surface area contributed by atoms with Crippen LogP contribution in [0.4, 0.5) is 0 Å². The van der Waals surface area contributed by atoms with E-state index >= 15 is 0 Å². The SMILES string of the molecule is O=C1C=C2C(O)OCC(O)C2O1. The van der Waals surface area contributed by atoms with Crippen LogP contribution in [0.15, 0.2) is 11.6 Å². The molecule has 3 atom stereocenters. The van der Waals surface area contributed by atoms with Gasteiger partial charge in [0.1, 0.15) is 6.10 Å². The normalized spacial score (nSPS) is 40.3. The average molecular weight is 172 g/mol. The van der Waals surface area contributed by atoms with Crippen LogP contribution in [0.5, 0.6) is 0 Å². The zero-order valence-electron chi connectivity index (χ0n) is 6.14. The molecule has 0 radical (unpaired) electrons. The van der Waals surface area contributed by atoms with Gasteiger partial charge < -0.3 is 19.7 Å². The van der Waals surface area contributed by atoms with Crippen molar-refractivity contribution in [2.24, 2.45) is 0 Å². The number of fused-ring (bicyclic) bond motifs is 1. The van der Waals surface area contributed by atoms with Gasteiger partial charge in [0, 0.05) is 11.6 Å². The summed E-state index contributed by atoms with van der Waals surface area (Å²) < 4.78 is 9.48. The lowest BCUT2D eigenvalue weighted by atomic mass is 10.0. The number of hydrogen-bond donors (Lipinski definition) is 2. The van der Waals surface area contributed by atoms with Crippen molar-refractivity contribution in [3.63, 3.8) is 0 Å². The highest BCUT2D eigenvalue weighted by Crippen LogP contribution is 2.26. The summed E-state index contributed by atoms with van der Waals surface area (Å²) in [4.78, 5) is 10.7. The Bertz CT molecular complexity index is 246. The summed E-state index contributed by atoms with van der Waals surface area (Å²) in [5.41, 5.74) is 0.304. The van der Waals surface area contributed by atoms with Gasteiger partial charge in [-0.1, -0.05) is 0 Å². The molecular formula is C7H8O5. The fourth-order valence-electron chi connectivity index (χ4n) is 1.33. The third-order valence-electron chi connectivity index (χ3n) is 1.92. The van der Waals surface area contributed by atoms with Crippen LogP contribution >= 0.6 is 0 Å². The largest absolute Gasteiger partial charge is 0.452 e. The zero-order chi connectivity index (χ0) is 8.72. The summed E-state index contributed by atoms with van der Waals surface area (Å²) in [6.45, 7) is -0.0174. The van der Waals surface area contributed by atoms with E-state index in [1.54, 1.807) is 0 Å². The fourth-order valence-corrected chi connectivity index (χ4v) is 1.33. The second-order valence-corrected chi connectivity index (χ2v) is 2.75. The summed E-state index contributed by atoms with van der Waals surface area (Å²) in [7, 11) is 0. The number of aliphatic hydroxyl groups excluding tert-OH is 2. The van der Waals surface area contributed by atoms with E-state index < -0.39 is 24.5 Å². The highest BCUT2D eigenvalue weighted by molar-refractivity contribution is 5.86. The molecule has 5 nitrogen and oxygen atoms in total. The molecule has 0 aliphatic carbocycles. The van der Waals surface area contributed by atoms with Gasteiger partial charge >= 0.3 is 5.97 Å². The first-order valence-electron chi connectivity index (χ1n) is 3.58. The molecule has 0 aromatic heterocycles. The molecule has 1 fully saturated rings. The van der Waals surface area contributed by atoms with E-state index in [2.05, 4.69) is 0 Å². The highest BCUT2D eigenvalue weighted by Gasteiger charge is 2.40. The Kier molecular flexibility index (Phi) is 1.64. The minimum Gasteiger partial charge on any atom is -0.452 e. The van der Waals surface area contributed by atoms with Gasteiger partial charge in [0.2, 0.25) is 0 Å². The van der Waals surface area contributed by atoms with Crippen molar-refractivity contribution in [3.05, 3.63) is 11.6 Å². The number of ether oxygens (including phenoxy) is 2. The van der Waals surface area contributed by atoms with E-state index in [9.17, 15) is 15.0 Å². The molecule has 0 aromatic rings. The van der Waals surface area contributed by atoms with Gasteiger partial charge in [-0.3, -0.25) is 0 Å². The maximum absolute atomic E-state index is 10.7. The van der Waals surface area contributed by atoms with Gasteiger partial charge in [-0.15, -0.1) is 0 Å². The van der Waals surface area contributed by atoms with E-state index in [0.717, 1.165) is 6.08 Å². The smallest absolute Gasteiger partial charge is 0.331 e. The minimum absolute atomic E-state index is 0.0174. The van der Waals surface area contributed by atoms with Crippen LogP contribution < -0.4 is 0 Å². The number of carbonyl (C=O) groups is 1. The lowest BCUT2D eigenvalue weighted by molar-refractivity contribution is -0.168. The van der Waals surface area contributed by atoms with Gasteiger partial charge in [0.25, 0.3) is 0 Å². The van der Waals surface area contributed by atoms with E-state index in [-0.39, 0.29) is 6.61 Å². The number of carbonyl (C=O) groups excluding carboxylic acids is 1. The monoisotopic (exact) mass is 172 g/mol. The molecule has 66 valence electrons. The Labute approximate surface area is 68.2 Å². The minimum atomic E-state index is -1.12. The maximum atomic E-state index is 10.7. The zero-order valence-corrected chi connectivity index (χ0v) is 6.14. The van der Waals surface area contributed by atoms with Crippen molar-refractivity contribution < 1.29 is 24.5 Å². The third kappa shape index (κ3) is 1.03. The Morgan fingerprint density at radius 1 is 1.50 bits per heavy atom. The lowest BCUT2D eigenvalue weighted by Gasteiger charge is -2.28. The molecule has 2 aliphatic rings. The predicted octanol–water partition coefficient (Wildman–Crippen LogP) is -1.45. The first kappa shape index (κ1) is 7.72. The molecule has 12 heavy (non-hydrogen) atoms. The van der Waals surface area contributed by atoms with Crippen LogP contribution in [0.25, 0.3) is 0 Å². The van der Waals surface area contributed by atoms with Crippen molar-refractivity contribution in [1.82, 2.24) is 0 Å². The lowest BCUT2D eigenvalue weighted by Crippen LogP contribution is -2.42. The maximum Gasteiger partial charge on any atom is 0.331 e. The fraction of sp³-hybridized carbons (Fsp3) is 0.571. The number of rotatable bonds is 0. The van der Waals surface area contributed by atoms with Crippen molar-refractivity contribution in [2.45, 2.75) is 18.5 Å². The topological polar surface area (TPSA) is 76.0 Å². The number of esters is 1. The second-order valence-electron chi connectivity index (χ2n) is 2.75. The first-order valence-corrected chi connectivity index (χ1v) is 3.58. The highest BCUT2D eigenvalue weighted by atomic mass is 16.6. The van der Waals surface area contributed by atoms with Crippen LogP contribution in [0.2, 0.25) is 0 Å². The average Bonchev–Trinajstić information content (AvgIpc) is 2.41. The molecule has 0 amide bonds. The molecule has 0 aromatic carbocycles. The Morgan fingerprint density at radius 2 is 2.25 bits per heavy atom. The van der Waals surface area contributed by atoms with Crippen molar-refractivity contribution in [3.8, 4) is 0 Å². The van der Waals surface area contributed by atoms with Crippen LogP contribution in [0, 0.1) is 0 Å². The summed E-state index contributed by atoms with van der Waals surface area (Å²) in [6.07, 6.45) is -1.56. The van der Waals surface area contributed by atoms with Crippen LogP contribution in [0.3, 0.4) is 0 Å². The summed E-state index contributed by atoms with van der Waals surface area (Å²) in [5, 5.41) is 18.4. The van der Waals surface area contributed by atoms with Crippen LogP contribution in [-0.4, -0.2) is 41.3 Å². The molecule has 0 spiro atoms. The molecule has 2 aliphatic heterocycles. The van der Waals surface area contributed by atoms with Crippen molar-refractivity contribution >= 4 is 5.97 Å². The van der Waals surface area contributed by atoms with Crippen molar-refractivity contribution in [2.75, 3.05) is 6.61 Å². The summed E-state index contributed by atoms with van der Waals surface area (Å²) >= 11 is 0. The molecule has 2 rings (SSSR count). The molecule has 2 heterocycles. The van der Waals surface area contributed by atoms with E-state index in [0.29, 0.717) is 5.57 Å². The Hall–Kier alpha value is -0.910. The first-order chi connectivity index (χ1) is 5.68. The van der Waals surface area contributed by atoms with Gasteiger partial charge in [0.05, 0.1) is 6.61 Å². The number of hydrogen-bond acceptors (Lipinski definition) is 5. The standard InChI is InChI=1S/C7H8O5/c8-4-2-11-7(10)3-1-5(9)12-6(3)4/h1,4,6-8,10H,2H2. The Morgan fingerprint density at radius 3 is 2.92 bits per heavy atom. The summed E-state index contributed by atoms with van der Waals surface area (Å²) in [6, 6.07) is 0. The van der Waals surface area contributed by atoms with Crippen LogP contribution in [0.1, 0.15) is 0 Å². The summed E-state index contributed by atoms with van der Waals surface area (Å²) in [5.74, 6) is -0.543. The predicted molar refractivity (Wildman–Crippen MR) is 35.9 cm³/mol. The van der Waals surface area contributed by atoms with Gasteiger partial charge in [-0.2, -0.15) is 0 Å². The van der Waals surface area contributed by atoms with E-state index in [4.69, 9.17) is 9.47 Å². The molecule has 1 saturated heterocycles. The van der Waals surface area contributed by atoms with Crippen molar-refractivity contribution in [1.29, 1.82) is 0 Å². The third-order valence-corrected chi connectivity index (χ3v) is 1.92.